The van der Waals surface area contributed by atoms with Crippen molar-refractivity contribution in [3.05, 3.63) is 36.2 Å². The highest BCUT2D eigenvalue weighted by Crippen LogP contribution is 2.33. The molecule has 2 fully saturated rings. The lowest BCUT2D eigenvalue weighted by atomic mass is 9.98. The summed E-state index contributed by atoms with van der Waals surface area (Å²) in [5.74, 6) is 0.265. The first-order valence-electron chi connectivity index (χ1n) is 10.3. The average molecular weight is 385 g/mol. The third-order valence-corrected chi connectivity index (χ3v) is 6.00. The normalized spacial score (nSPS) is 22.6. The van der Waals surface area contributed by atoms with Gasteiger partial charge in [-0.25, -0.2) is 0 Å². The molecule has 28 heavy (non-hydrogen) atoms. The van der Waals surface area contributed by atoms with Crippen LogP contribution in [-0.4, -0.2) is 65.9 Å². The molecule has 152 valence electrons. The van der Waals surface area contributed by atoms with Crippen molar-refractivity contribution in [2.45, 2.75) is 51.6 Å². The number of amides is 2. The molecule has 0 aromatic carbocycles. The van der Waals surface area contributed by atoms with Gasteiger partial charge in [-0.1, -0.05) is 19.1 Å². The summed E-state index contributed by atoms with van der Waals surface area (Å²) >= 11 is 0. The summed E-state index contributed by atoms with van der Waals surface area (Å²) in [6.07, 6.45) is 9.38. The minimum Gasteiger partial charge on any atom is -0.378 e. The molecule has 6 heteroatoms. The zero-order chi connectivity index (χ0) is 20.3. The number of carbonyl (C=O) groups excluding carboxylic acids is 2. The standard InChI is InChI=1S/C22H32N4O2/c1-5-7-8-16(6-2)21(27)26-18-9-10-19(26)15-25(14-18)22(28)20-13-17(24(3)4)11-12-23-20/h5,7,11-13,16,18-19H,6,8-10,14-15H2,1-4H3/b7-5+/t16?,18-,19+. The van der Waals surface area contributed by atoms with Crippen LogP contribution in [0.15, 0.2) is 30.5 Å². The van der Waals surface area contributed by atoms with Crippen LogP contribution < -0.4 is 4.90 Å². The zero-order valence-electron chi connectivity index (χ0n) is 17.5. The van der Waals surface area contributed by atoms with E-state index in [-0.39, 0.29) is 29.8 Å². The van der Waals surface area contributed by atoms with Gasteiger partial charge in [0, 0.05) is 57.1 Å². The van der Waals surface area contributed by atoms with E-state index in [4.69, 9.17) is 0 Å². The number of hydrogen-bond acceptors (Lipinski definition) is 4. The second kappa shape index (κ2) is 8.76. The summed E-state index contributed by atoms with van der Waals surface area (Å²) in [6.45, 7) is 5.28. The molecule has 3 heterocycles. The Morgan fingerprint density at radius 1 is 1.29 bits per heavy atom. The van der Waals surface area contributed by atoms with Gasteiger partial charge >= 0.3 is 0 Å². The fraction of sp³-hybridized carbons (Fsp3) is 0.591. The summed E-state index contributed by atoms with van der Waals surface area (Å²) in [5, 5.41) is 0. The van der Waals surface area contributed by atoms with E-state index in [9.17, 15) is 9.59 Å². The molecule has 3 rings (SSSR count). The van der Waals surface area contributed by atoms with Crippen LogP contribution in [0.4, 0.5) is 5.69 Å². The Labute approximate surface area is 168 Å². The van der Waals surface area contributed by atoms with Crippen LogP contribution in [0.25, 0.3) is 0 Å². The molecular weight excluding hydrogens is 352 g/mol. The molecule has 0 radical (unpaired) electrons. The Morgan fingerprint density at radius 2 is 1.96 bits per heavy atom. The molecule has 2 aliphatic heterocycles. The van der Waals surface area contributed by atoms with Crippen molar-refractivity contribution in [1.29, 1.82) is 0 Å². The smallest absolute Gasteiger partial charge is 0.272 e. The summed E-state index contributed by atoms with van der Waals surface area (Å²) in [6, 6.07) is 4.00. The van der Waals surface area contributed by atoms with Crippen molar-refractivity contribution in [3.8, 4) is 0 Å². The van der Waals surface area contributed by atoms with Crippen molar-refractivity contribution in [3.63, 3.8) is 0 Å². The summed E-state index contributed by atoms with van der Waals surface area (Å²) in [4.78, 5) is 36.4. The van der Waals surface area contributed by atoms with Crippen LogP contribution in [0.5, 0.6) is 0 Å². The molecule has 2 amide bonds. The van der Waals surface area contributed by atoms with Gasteiger partial charge in [-0.3, -0.25) is 14.6 Å². The number of piperazine rings is 1. The van der Waals surface area contributed by atoms with Gasteiger partial charge in [0.25, 0.3) is 5.91 Å². The van der Waals surface area contributed by atoms with Crippen molar-refractivity contribution in [2.24, 2.45) is 5.92 Å². The molecule has 1 unspecified atom stereocenters. The number of fused-ring (bicyclic) bond motifs is 2. The van der Waals surface area contributed by atoms with Crippen LogP contribution in [0.3, 0.4) is 0 Å². The average Bonchev–Trinajstić information content (AvgIpc) is 2.97. The number of nitrogens with zero attached hydrogens (tertiary/aromatic N) is 4. The Hall–Kier alpha value is -2.37. The predicted octanol–water partition coefficient (Wildman–Crippen LogP) is 2.96. The first-order valence-corrected chi connectivity index (χ1v) is 10.3. The van der Waals surface area contributed by atoms with E-state index >= 15 is 0 Å². The molecular formula is C22H32N4O2. The Kier molecular flexibility index (Phi) is 6.37. The second-order valence-electron chi connectivity index (χ2n) is 8.04. The van der Waals surface area contributed by atoms with Gasteiger partial charge in [0.1, 0.15) is 5.69 Å². The molecule has 1 aromatic rings. The summed E-state index contributed by atoms with van der Waals surface area (Å²) in [5.41, 5.74) is 1.44. The largest absolute Gasteiger partial charge is 0.378 e. The molecule has 0 N–H and O–H groups in total. The summed E-state index contributed by atoms with van der Waals surface area (Å²) < 4.78 is 0. The van der Waals surface area contributed by atoms with E-state index < -0.39 is 0 Å². The number of hydrogen-bond donors (Lipinski definition) is 0. The van der Waals surface area contributed by atoms with E-state index in [1.54, 1.807) is 6.20 Å². The number of rotatable bonds is 6. The number of aromatic nitrogens is 1. The second-order valence-corrected chi connectivity index (χ2v) is 8.04. The molecule has 0 aliphatic carbocycles. The lowest BCUT2D eigenvalue weighted by Crippen LogP contribution is -2.58. The van der Waals surface area contributed by atoms with Crippen LogP contribution >= 0.6 is 0 Å². The van der Waals surface area contributed by atoms with Gasteiger partial charge in [-0.2, -0.15) is 0 Å². The molecule has 0 spiro atoms. The van der Waals surface area contributed by atoms with Crippen LogP contribution in [0.1, 0.15) is 50.0 Å². The number of pyridine rings is 1. The quantitative estimate of drug-likeness (QED) is 0.708. The maximum Gasteiger partial charge on any atom is 0.272 e. The van der Waals surface area contributed by atoms with Crippen molar-refractivity contribution in [1.82, 2.24) is 14.8 Å². The third kappa shape index (κ3) is 4.05. The monoisotopic (exact) mass is 384 g/mol. The van der Waals surface area contributed by atoms with Gasteiger partial charge < -0.3 is 14.7 Å². The molecule has 2 aliphatic rings. The fourth-order valence-corrected chi connectivity index (χ4v) is 4.36. The Morgan fingerprint density at radius 3 is 2.54 bits per heavy atom. The number of allylic oxidation sites excluding steroid dienone is 2. The Bertz CT molecular complexity index is 732. The fourth-order valence-electron chi connectivity index (χ4n) is 4.36. The molecule has 2 saturated heterocycles. The highest BCUT2D eigenvalue weighted by atomic mass is 16.2. The number of likely N-dealkylation sites (tertiary alicyclic amines) is 1. The lowest BCUT2D eigenvalue weighted by molar-refractivity contribution is -0.141. The van der Waals surface area contributed by atoms with Crippen LogP contribution in [0.2, 0.25) is 0 Å². The van der Waals surface area contributed by atoms with Gasteiger partial charge in [0.2, 0.25) is 5.91 Å². The van der Waals surface area contributed by atoms with E-state index in [1.165, 1.54) is 0 Å². The van der Waals surface area contributed by atoms with E-state index in [2.05, 4.69) is 22.9 Å². The first kappa shape index (κ1) is 20.4. The van der Waals surface area contributed by atoms with E-state index in [1.807, 2.05) is 49.0 Å². The van der Waals surface area contributed by atoms with Crippen LogP contribution in [0, 0.1) is 5.92 Å². The number of anilines is 1. The highest BCUT2D eigenvalue weighted by molar-refractivity contribution is 5.93. The molecule has 6 nitrogen and oxygen atoms in total. The van der Waals surface area contributed by atoms with Gasteiger partial charge in [-0.05, 0) is 44.7 Å². The maximum atomic E-state index is 13.1. The van der Waals surface area contributed by atoms with E-state index in [0.29, 0.717) is 18.8 Å². The van der Waals surface area contributed by atoms with Gasteiger partial charge in [0.15, 0.2) is 0 Å². The molecule has 0 saturated carbocycles. The van der Waals surface area contributed by atoms with Crippen LogP contribution in [-0.2, 0) is 4.79 Å². The highest BCUT2D eigenvalue weighted by Gasteiger charge is 2.45. The molecule has 2 bridgehead atoms. The molecule has 3 atom stereocenters. The molecule has 1 aromatic heterocycles. The third-order valence-electron chi connectivity index (χ3n) is 6.00. The van der Waals surface area contributed by atoms with Gasteiger partial charge in [-0.15, -0.1) is 0 Å². The van der Waals surface area contributed by atoms with E-state index in [0.717, 1.165) is 31.4 Å². The van der Waals surface area contributed by atoms with Crippen molar-refractivity contribution >= 4 is 17.5 Å². The lowest BCUT2D eigenvalue weighted by Gasteiger charge is -2.42. The van der Waals surface area contributed by atoms with Gasteiger partial charge in [0.05, 0.1) is 0 Å². The predicted molar refractivity (Wildman–Crippen MR) is 111 cm³/mol. The minimum atomic E-state index is -0.0337. The first-order chi connectivity index (χ1) is 13.5. The zero-order valence-corrected chi connectivity index (χ0v) is 17.5. The topological polar surface area (TPSA) is 56.8 Å². The number of carbonyl (C=O) groups is 2. The summed E-state index contributed by atoms with van der Waals surface area (Å²) in [7, 11) is 3.90. The van der Waals surface area contributed by atoms with Crippen molar-refractivity contribution < 1.29 is 9.59 Å². The maximum absolute atomic E-state index is 13.1. The SMILES string of the molecule is C/C=C/CC(CC)C(=O)N1[C@@H]2CC[C@H]1CN(C(=O)c1cc(N(C)C)ccn1)C2. The Balaban J connectivity index is 1.71. The van der Waals surface area contributed by atoms with Crippen molar-refractivity contribution in [2.75, 3.05) is 32.1 Å². The minimum absolute atomic E-state index is 0.0337.